The molecule has 1 N–H and O–H groups in total. The van der Waals surface area contributed by atoms with E-state index >= 15 is 0 Å². The first-order valence-electron chi connectivity index (χ1n) is 9.45. The third-order valence-corrected chi connectivity index (χ3v) is 5.09. The fraction of sp³-hybridized carbons (Fsp3) is 0.381. The summed E-state index contributed by atoms with van der Waals surface area (Å²) in [5.74, 6) is 0.491. The number of aromatic nitrogens is 1. The number of carbonyl (C=O) groups is 2. The summed E-state index contributed by atoms with van der Waals surface area (Å²) in [6.45, 7) is 2.11. The molecule has 6 nitrogen and oxygen atoms in total. The number of nitrogens with one attached hydrogen (secondary N) is 1. The highest BCUT2D eigenvalue weighted by Crippen LogP contribution is 2.22. The maximum absolute atomic E-state index is 12.6. The van der Waals surface area contributed by atoms with Crippen molar-refractivity contribution in [2.75, 3.05) is 32.5 Å². The van der Waals surface area contributed by atoms with E-state index in [1.54, 1.807) is 43.4 Å². The van der Waals surface area contributed by atoms with E-state index in [0.717, 1.165) is 31.5 Å². The number of pyridine rings is 1. The van der Waals surface area contributed by atoms with Crippen molar-refractivity contribution in [2.24, 2.45) is 0 Å². The fourth-order valence-electron chi connectivity index (χ4n) is 3.17. The number of carbonyl (C=O) groups excluding carboxylic acids is 2. The molecule has 0 saturated carbocycles. The Balaban J connectivity index is 1.62. The number of hydrogen-bond donors (Lipinski definition) is 1. The van der Waals surface area contributed by atoms with Crippen LogP contribution in [0.4, 0.5) is 5.82 Å². The summed E-state index contributed by atoms with van der Waals surface area (Å²) in [6.07, 6.45) is 4.84. The number of piperidine rings is 1. The maximum Gasteiger partial charge on any atom is 0.255 e. The van der Waals surface area contributed by atoms with Crippen molar-refractivity contribution in [3.63, 3.8) is 0 Å². The summed E-state index contributed by atoms with van der Waals surface area (Å²) >= 11 is 6.33. The van der Waals surface area contributed by atoms with Gasteiger partial charge in [-0.1, -0.05) is 23.7 Å². The molecule has 1 aromatic carbocycles. The van der Waals surface area contributed by atoms with Gasteiger partial charge in [0, 0.05) is 45.5 Å². The molecule has 0 aliphatic carbocycles. The van der Waals surface area contributed by atoms with Crippen molar-refractivity contribution in [2.45, 2.75) is 25.8 Å². The Kier molecular flexibility index (Phi) is 6.52. The molecular weight excluding hydrogens is 376 g/mol. The van der Waals surface area contributed by atoms with Crippen LogP contribution in [0.25, 0.3) is 0 Å². The lowest BCUT2D eigenvalue weighted by molar-refractivity contribution is 0.0723. The number of halogens is 1. The predicted octanol–water partition coefficient (Wildman–Crippen LogP) is 3.68. The molecule has 2 aromatic rings. The van der Waals surface area contributed by atoms with Crippen LogP contribution < -0.4 is 5.32 Å². The largest absolute Gasteiger partial charge is 0.365 e. The van der Waals surface area contributed by atoms with Gasteiger partial charge < -0.3 is 15.1 Å². The van der Waals surface area contributed by atoms with Crippen molar-refractivity contribution in [1.82, 2.24) is 14.8 Å². The van der Waals surface area contributed by atoms with Crippen LogP contribution in [0.15, 0.2) is 36.5 Å². The Labute approximate surface area is 170 Å². The highest BCUT2D eigenvalue weighted by molar-refractivity contribution is 6.33. The molecule has 1 aliphatic rings. The van der Waals surface area contributed by atoms with Crippen molar-refractivity contribution in [3.05, 3.63) is 58.2 Å². The standard InChI is InChI=1S/C21H25ClN4O2/c1-25(2)20(27)16-8-6-15(7-9-16)13-23-19-18(22)12-17(14-24-19)21(28)26-10-4-3-5-11-26/h6-9,12,14H,3-5,10-11,13H2,1-2H3,(H,23,24). The van der Waals surface area contributed by atoms with E-state index in [1.165, 1.54) is 6.42 Å². The van der Waals surface area contributed by atoms with E-state index in [9.17, 15) is 9.59 Å². The number of anilines is 1. The van der Waals surface area contributed by atoms with Gasteiger partial charge in [-0.05, 0) is 43.0 Å². The third kappa shape index (κ3) is 4.81. The fourth-order valence-corrected chi connectivity index (χ4v) is 3.41. The monoisotopic (exact) mass is 400 g/mol. The van der Waals surface area contributed by atoms with Crippen LogP contribution in [0.1, 0.15) is 45.5 Å². The van der Waals surface area contributed by atoms with Gasteiger partial charge in [0.2, 0.25) is 0 Å². The molecule has 28 heavy (non-hydrogen) atoms. The van der Waals surface area contributed by atoms with Crippen LogP contribution in [0.5, 0.6) is 0 Å². The molecular formula is C21H25ClN4O2. The Hall–Kier alpha value is -2.60. The summed E-state index contributed by atoms with van der Waals surface area (Å²) in [6, 6.07) is 9.06. The van der Waals surface area contributed by atoms with Crippen LogP contribution in [0.2, 0.25) is 5.02 Å². The second-order valence-corrected chi connectivity index (χ2v) is 7.56. The van der Waals surface area contributed by atoms with Crippen molar-refractivity contribution in [3.8, 4) is 0 Å². The molecule has 0 bridgehead atoms. The Bertz CT molecular complexity index is 846. The zero-order chi connectivity index (χ0) is 20.1. The van der Waals surface area contributed by atoms with Gasteiger partial charge in [-0.15, -0.1) is 0 Å². The molecule has 1 aliphatic heterocycles. The van der Waals surface area contributed by atoms with Gasteiger partial charge in [-0.25, -0.2) is 4.98 Å². The molecule has 2 amide bonds. The lowest BCUT2D eigenvalue weighted by Crippen LogP contribution is -2.35. The van der Waals surface area contributed by atoms with Crippen LogP contribution in [0, 0.1) is 0 Å². The van der Waals surface area contributed by atoms with Gasteiger partial charge in [0.15, 0.2) is 0 Å². The van der Waals surface area contributed by atoms with Crippen molar-refractivity contribution >= 4 is 29.2 Å². The van der Waals surface area contributed by atoms with E-state index in [2.05, 4.69) is 10.3 Å². The van der Waals surface area contributed by atoms with E-state index in [0.29, 0.717) is 28.5 Å². The summed E-state index contributed by atoms with van der Waals surface area (Å²) in [5.41, 5.74) is 2.16. The molecule has 148 valence electrons. The van der Waals surface area contributed by atoms with Gasteiger partial charge in [0.1, 0.15) is 5.82 Å². The molecule has 1 aromatic heterocycles. The van der Waals surface area contributed by atoms with Gasteiger partial charge in [-0.3, -0.25) is 9.59 Å². The quantitative estimate of drug-likeness (QED) is 0.831. The number of hydrogen-bond acceptors (Lipinski definition) is 4. The Morgan fingerprint density at radius 3 is 2.39 bits per heavy atom. The summed E-state index contributed by atoms with van der Waals surface area (Å²) in [7, 11) is 3.45. The molecule has 0 atom stereocenters. The van der Waals surface area contributed by atoms with Crippen LogP contribution >= 0.6 is 11.6 Å². The minimum atomic E-state index is -0.0295. The molecule has 0 radical (unpaired) electrons. The average Bonchev–Trinajstić information content (AvgIpc) is 2.72. The van der Waals surface area contributed by atoms with Crippen molar-refractivity contribution < 1.29 is 9.59 Å². The van der Waals surface area contributed by atoms with Gasteiger partial charge in [0.25, 0.3) is 11.8 Å². The minimum Gasteiger partial charge on any atom is -0.365 e. The first kappa shape index (κ1) is 20.1. The molecule has 1 saturated heterocycles. The molecule has 2 heterocycles. The summed E-state index contributed by atoms with van der Waals surface area (Å²) in [4.78, 5) is 32.2. The normalized spacial score (nSPS) is 13.9. The smallest absolute Gasteiger partial charge is 0.255 e. The average molecular weight is 401 g/mol. The topological polar surface area (TPSA) is 65.5 Å². The number of amides is 2. The van der Waals surface area contributed by atoms with Crippen molar-refractivity contribution in [1.29, 1.82) is 0 Å². The Morgan fingerprint density at radius 1 is 1.11 bits per heavy atom. The van der Waals surface area contributed by atoms with Gasteiger partial charge >= 0.3 is 0 Å². The second-order valence-electron chi connectivity index (χ2n) is 7.16. The zero-order valence-electron chi connectivity index (χ0n) is 16.2. The van der Waals surface area contributed by atoms with Gasteiger partial charge in [-0.2, -0.15) is 0 Å². The van der Waals surface area contributed by atoms with E-state index in [-0.39, 0.29) is 11.8 Å². The zero-order valence-corrected chi connectivity index (χ0v) is 17.0. The summed E-state index contributed by atoms with van der Waals surface area (Å²) in [5, 5.41) is 3.60. The minimum absolute atomic E-state index is 0.0122. The highest BCUT2D eigenvalue weighted by Gasteiger charge is 2.19. The lowest BCUT2D eigenvalue weighted by Gasteiger charge is -2.26. The Morgan fingerprint density at radius 2 is 1.79 bits per heavy atom. The maximum atomic E-state index is 12.6. The first-order chi connectivity index (χ1) is 13.5. The van der Waals surface area contributed by atoms with Crippen LogP contribution in [-0.2, 0) is 6.54 Å². The molecule has 3 rings (SSSR count). The van der Waals surface area contributed by atoms with Gasteiger partial charge in [0.05, 0.1) is 10.6 Å². The SMILES string of the molecule is CN(C)C(=O)c1ccc(CNc2ncc(C(=O)N3CCCCC3)cc2Cl)cc1. The predicted molar refractivity (Wildman–Crippen MR) is 111 cm³/mol. The van der Waals surface area contributed by atoms with E-state index in [4.69, 9.17) is 11.6 Å². The number of likely N-dealkylation sites (tertiary alicyclic amines) is 1. The molecule has 7 heteroatoms. The molecule has 0 spiro atoms. The molecule has 1 fully saturated rings. The highest BCUT2D eigenvalue weighted by atomic mass is 35.5. The van der Waals surface area contributed by atoms with Crippen LogP contribution in [-0.4, -0.2) is 53.8 Å². The molecule has 0 unspecified atom stereocenters. The number of nitrogens with zero attached hydrogens (tertiary/aromatic N) is 3. The summed E-state index contributed by atoms with van der Waals surface area (Å²) < 4.78 is 0. The first-order valence-corrected chi connectivity index (χ1v) is 9.83. The van der Waals surface area contributed by atoms with E-state index < -0.39 is 0 Å². The van der Waals surface area contributed by atoms with Crippen LogP contribution in [0.3, 0.4) is 0 Å². The third-order valence-electron chi connectivity index (χ3n) is 4.80. The lowest BCUT2D eigenvalue weighted by atomic mass is 10.1. The van der Waals surface area contributed by atoms with E-state index in [1.807, 2.05) is 17.0 Å². The second kappa shape index (κ2) is 9.06. The number of benzene rings is 1. The number of rotatable bonds is 5.